The van der Waals surface area contributed by atoms with Gasteiger partial charge in [0, 0.05) is 13.1 Å². The van der Waals surface area contributed by atoms with Crippen molar-refractivity contribution in [3.63, 3.8) is 0 Å². The lowest BCUT2D eigenvalue weighted by Gasteiger charge is -2.21. The summed E-state index contributed by atoms with van der Waals surface area (Å²) >= 11 is 0. The van der Waals surface area contributed by atoms with Crippen LogP contribution in [0.4, 0.5) is 5.82 Å². The van der Waals surface area contributed by atoms with Crippen LogP contribution in [0.25, 0.3) is 11.0 Å². The molecule has 0 bridgehead atoms. The molecule has 0 saturated carbocycles. The zero-order valence-corrected chi connectivity index (χ0v) is 13.2. The number of fused-ring (bicyclic) bond motifs is 1. The molecule has 1 aliphatic rings. The fraction of sp³-hybridized carbons (Fsp3) is 0.389. The Balaban J connectivity index is 1.68. The molecule has 2 aromatic heterocycles. The van der Waals surface area contributed by atoms with Crippen LogP contribution in [-0.4, -0.2) is 32.8 Å². The van der Waals surface area contributed by atoms with E-state index in [9.17, 15) is 0 Å². The van der Waals surface area contributed by atoms with Gasteiger partial charge in [0.2, 0.25) is 0 Å². The maximum Gasteiger partial charge on any atom is 0.163 e. The first kappa shape index (κ1) is 14.2. The largest absolute Gasteiger partial charge is 0.356 e. The van der Waals surface area contributed by atoms with Gasteiger partial charge in [-0.05, 0) is 18.4 Å². The lowest BCUT2D eigenvalue weighted by molar-refractivity contribution is 0.703. The van der Waals surface area contributed by atoms with E-state index in [1.807, 2.05) is 16.9 Å². The van der Waals surface area contributed by atoms with E-state index in [1.54, 1.807) is 6.33 Å². The van der Waals surface area contributed by atoms with Gasteiger partial charge < -0.3 is 4.90 Å². The maximum absolute atomic E-state index is 4.56. The van der Waals surface area contributed by atoms with Gasteiger partial charge in [-0.2, -0.15) is 5.10 Å². The third kappa shape index (κ3) is 2.91. The van der Waals surface area contributed by atoms with E-state index in [1.165, 1.54) is 31.2 Å². The second-order valence-corrected chi connectivity index (χ2v) is 6.12. The highest BCUT2D eigenvalue weighted by atomic mass is 15.3. The third-order valence-electron chi connectivity index (χ3n) is 4.49. The van der Waals surface area contributed by atoms with Gasteiger partial charge in [0.25, 0.3) is 0 Å². The van der Waals surface area contributed by atoms with Crippen molar-refractivity contribution < 1.29 is 0 Å². The molecule has 0 N–H and O–H groups in total. The van der Waals surface area contributed by atoms with Crippen LogP contribution in [0, 0.1) is 0 Å². The van der Waals surface area contributed by atoms with Crippen LogP contribution in [0.3, 0.4) is 0 Å². The van der Waals surface area contributed by atoms with Gasteiger partial charge in [-0.15, -0.1) is 0 Å². The summed E-state index contributed by atoms with van der Waals surface area (Å²) in [5.41, 5.74) is 2.15. The Kier molecular flexibility index (Phi) is 3.92. The fourth-order valence-corrected chi connectivity index (χ4v) is 3.29. The Hall–Kier alpha value is -2.43. The molecule has 1 saturated heterocycles. The molecule has 23 heavy (non-hydrogen) atoms. The second kappa shape index (κ2) is 6.36. The zero-order chi connectivity index (χ0) is 15.5. The lowest BCUT2D eigenvalue weighted by atomic mass is 10.2. The van der Waals surface area contributed by atoms with E-state index in [2.05, 4.69) is 44.2 Å². The molecule has 1 aromatic carbocycles. The van der Waals surface area contributed by atoms with Crippen molar-refractivity contribution in [1.29, 1.82) is 0 Å². The maximum atomic E-state index is 4.56. The van der Waals surface area contributed by atoms with Crippen molar-refractivity contribution in [2.75, 3.05) is 18.0 Å². The Morgan fingerprint density at radius 3 is 2.48 bits per heavy atom. The van der Waals surface area contributed by atoms with Crippen molar-refractivity contribution in [3.8, 4) is 0 Å². The lowest BCUT2D eigenvalue weighted by Crippen LogP contribution is -2.25. The summed E-state index contributed by atoms with van der Waals surface area (Å²) in [6, 6.07) is 10.4. The number of nitrogens with zero attached hydrogens (tertiary/aromatic N) is 5. The van der Waals surface area contributed by atoms with Gasteiger partial charge in [0.15, 0.2) is 5.65 Å². The molecule has 0 amide bonds. The van der Waals surface area contributed by atoms with Gasteiger partial charge >= 0.3 is 0 Å². The summed E-state index contributed by atoms with van der Waals surface area (Å²) in [5.74, 6) is 1.04. The average Bonchev–Trinajstić information content (AvgIpc) is 2.83. The molecule has 3 heterocycles. The van der Waals surface area contributed by atoms with Crippen LogP contribution in [-0.2, 0) is 6.54 Å². The molecule has 0 unspecified atom stereocenters. The molecule has 118 valence electrons. The van der Waals surface area contributed by atoms with Crippen LogP contribution in [0.2, 0.25) is 0 Å². The van der Waals surface area contributed by atoms with Crippen LogP contribution in [0.1, 0.15) is 31.2 Å². The molecule has 3 aromatic rings. The average molecular weight is 307 g/mol. The van der Waals surface area contributed by atoms with Crippen LogP contribution < -0.4 is 4.90 Å². The minimum atomic E-state index is 0.737. The Labute approximate surface area is 136 Å². The van der Waals surface area contributed by atoms with Crippen molar-refractivity contribution in [1.82, 2.24) is 19.7 Å². The predicted octanol–water partition coefficient (Wildman–Crippen LogP) is 3.26. The highest BCUT2D eigenvalue weighted by molar-refractivity contribution is 5.86. The standard InChI is InChI=1S/C18H21N5/c1-2-7-11-22(10-6-1)17-16-12-21-23(18(16)20-14-19-17)13-15-8-4-3-5-9-15/h3-5,8-9,12,14H,1-2,6-7,10-11,13H2. The quantitative estimate of drug-likeness (QED) is 0.745. The highest BCUT2D eigenvalue weighted by Gasteiger charge is 2.17. The number of benzene rings is 1. The van der Waals surface area contributed by atoms with E-state index in [-0.39, 0.29) is 0 Å². The molecule has 1 fully saturated rings. The summed E-state index contributed by atoms with van der Waals surface area (Å²) in [4.78, 5) is 11.4. The summed E-state index contributed by atoms with van der Waals surface area (Å²) in [5, 5.41) is 5.62. The molecule has 0 radical (unpaired) electrons. The van der Waals surface area contributed by atoms with E-state index in [0.717, 1.165) is 36.5 Å². The molecule has 5 nitrogen and oxygen atoms in total. The summed E-state index contributed by atoms with van der Waals surface area (Å²) < 4.78 is 1.97. The van der Waals surface area contributed by atoms with Gasteiger partial charge in [-0.3, -0.25) is 0 Å². The second-order valence-electron chi connectivity index (χ2n) is 6.12. The van der Waals surface area contributed by atoms with Gasteiger partial charge in [0.05, 0.1) is 18.1 Å². The summed E-state index contributed by atoms with van der Waals surface area (Å²) in [7, 11) is 0. The fourth-order valence-electron chi connectivity index (χ4n) is 3.29. The van der Waals surface area contributed by atoms with Crippen LogP contribution in [0.5, 0.6) is 0 Å². The zero-order valence-electron chi connectivity index (χ0n) is 13.2. The molecule has 5 heteroatoms. The van der Waals surface area contributed by atoms with E-state index in [0.29, 0.717) is 0 Å². The summed E-state index contributed by atoms with van der Waals surface area (Å²) in [6.07, 6.45) is 8.70. The van der Waals surface area contributed by atoms with Crippen molar-refractivity contribution in [3.05, 3.63) is 48.4 Å². The molecule has 1 aliphatic heterocycles. The Morgan fingerprint density at radius 1 is 0.913 bits per heavy atom. The molecule has 0 spiro atoms. The molecule has 4 rings (SSSR count). The number of hydrogen-bond acceptors (Lipinski definition) is 4. The first-order valence-corrected chi connectivity index (χ1v) is 8.37. The van der Waals surface area contributed by atoms with Gasteiger partial charge in [0.1, 0.15) is 12.1 Å². The smallest absolute Gasteiger partial charge is 0.163 e. The van der Waals surface area contributed by atoms with Crippen LogP contribution in [0.15, 0.2) is 42.9 Å². The number of hydrogen-bond donors (Lipinski definition) is 0. The van der Waals surface area contributed by atoms with E-state index >= 15 is 0 Å². The Morgan fingerprint density at radius 2 is 1.70 bits per heavy atom. The highest BCUT2D eigenvalue weighted by Crippen LogP contribution is 2.25. The molecular formula is C18H21N5. The van der Waals surface area contributed by atoms with Gasteiger partial charge in [-0.25, -0.2) is 14.6 Å². The normalized spacial score (nSPS) is 15.7. The van der Waals surface area contributed by atoms with Crippen molar-refractivity contribution in [2.45, 2.75) is 32.2 Å². The first-order chi connectivity index (χ1) is 11.4. The monoisotopic (exact) mass is 307 g/mol. The van der Waals surface area contributed by atoms with Crippen LogP contribution >= 0.6 is 0 Å². The minimum Gasteiger partial charge on any atom is -0.356 e. The SMILES string of the molecule is c1ccc(Cn2ncc3c(N4CCCCCC4)ncnc32)cc1. The number of anilines is 1. The number of rotatable bonds is 3. The molecular weight excluding hydrogens is 286 g/mol. The third-order valence-corrected chi connectivity index (χ3v) is 4.49. The predicted molar refractivity (Wildman–Crippen MR) is 91.5 cm³/mol. The van der Waals surface area contributed by atoms with Gasteiger partial charge in [-0.1, -0.05) is 43.2 Å². The number of aromatic nitrogens is 4. The van der Waals surface area contributed by atoms with E-state index in [4.69, 9.17) is 0 Å². The Bertz CT molecular complexity index is 772. The summed E-state index contributed by atoms with van der Waals surface area (Å²) in [6.45, 7) is 2.90. The first-order valence-electron chi connectivity index (χ1n) is 8.37. The topological polar surface area (TPSA) is 46.8 Å². The van der Waals surface area contributed by atoms with Crippen molar-refractivity contribution in [2.24, 2.45) is 0 Å². The van der Waals surface area contributed by atoms with Crippen molar-refractivity contribution >= 4 is 16.9 Å². The minimum absolute atomic E-state index is 0.737. The van der Waals surface area contributed by atoms with E-state index < -0.39 is 0 Å². The molecule has 0 aliphatic carbocycles. The molecule has 0 atom stereocenters.